The van der Waals surface area contributed by atoms with E-state index in [-0.39, 0.29) is 5.75 Å². The van der Waals surface area contributed by atoms with E-state index in [2.05, 4.69) is 6.92 Å². The van der Waals surface area contributed by atoms with Crippen LogP contribution in [0.25, 0.3) is 0 Å². The number of hydrogen-bond acceptors (Lipinski definition) is 3. The maximum absolute atomic E-state index is 11.8. The Kier molecular flexibility index (Phi) is 6.62. The summed E-state index contributed by atoms with van der Waals surface area (Å²) < 4.78 is 28.8. The van der Waals surface area contributed by atoms with Gasteiger partial charge >= 0.3 is 107 Å². The third-order valence-electron chi connectivity index (χ3n) is 2.16. The van der Waals surface area contributed by atoms with Gasteiger partial charge in [0.1, 0.15) is 0 Å². The molecule has 3 nitrogen and oxygen atoms in total. The average Bonchev–Trinajstić information content (AvgIpc) is 2.05. The summed E-state index contributed by atoms with van der Waals surface area (Å²) in [6.45, 7) is 7.38. The molecule has 0 saturated carbocycles. The van der Waals surface area contributed by atoms with Crippen molar-refractivity contribution in [2.75, 3.05) is 32.4 Å². The molecule has 0 N–H and O–H groups in total. The molecule has 106 valence electrons. The molecular formula is C12H29O3PS. The standard InChI is InChI=1S/C12H29O3PS/c1-6-7-8-9-10-11-12-17(13,14)15-16(2,3,4)5/h6-12H2,1-5H3. The van der Waals surface area contributed by atoms with Gasteiger partial charge in [-0.2, -0.15) is 0 Å². The van der Waals surface area contributed by atoms with Crippen molar-refractivity contribution in [1.82, 2.24) is 0 Å². The Morgan fingerprint density at radius 3 is 1.82 bits per heavy atom. The van der Waals surface area contributed by atoms with Gasteiger partial charge in [0.25, 0.3) is 0 Å². The molecule has 0 fully saturated rings. The first-order valence-electron chi connectivity index (χ1n) is 6.47. The van der Waals surface area contributed by atoms with Gasteiger partial charge in [-0.05, 0) is 0 Å². The third-order valence-corrected chi connectivity index (χ3v) is 6.24. The van der Waals surface area contributed by atoms with Crippen LogP contribution in [0.5, 0.6) is 0 Å². The van der Waals surface area contributed by atoms with Crippen molar-refractivity contribution in [1.29, 1.82) is 0 Å². The zero-order chi connectivity index (χ0) is 13.6. The minimum absolute atomic E-state index is 0.167. The molecule has 17 heavy (non-hydrogen) atoms. The molecular weight excluding hydrogens is 255 g/mol. The van der Waals surface area contributed by atoms with Crippen molar-refractivity contribution in [3.63, 3.8) is 0 Å². The fourth-order valence-corrected chi connectivity index (χ4v) is 6.04. The zero-order valence-corrected chi connectivity index (χ0v) is 13.7. The molecule has 0 aromatic heterocycles. The van der Waals surface area contributed by atoms with Crippen LogP contribution in [0.4, 0.5) is 0 Å². The van der Waals surface area contributed by atoms with E-state index >= 15 is 0 Å². The molecule has 0 bridgehead atoms. The SMILES string of the molecule is CCCCCCCCS(=O)(=O)OP(C)(C)(C)C. The Balaban J connectivity index is 3.89. The van der Waals surface area contributed by atoms with Crippen molar-refractivity contribution in [3.05, 3.63) is 0 Å². The Bertz CT molecular complexity index is 305. The Hall–Kier alpha value is 0.340. The molecule has 0 spiro atoms. The van der Waals surface area contributed by atoms with Gasteiger partial charge in [-0.3, -0.25) is 0 Å². The second kappa shape index (κ2) is 6.49. The second-order valence-corrected chi connectivity index (χ2v) is 15.5. The van der Waals surface area contributed by atoms with E-state index in [1.807, 2.05) is 26.7 Å². The van der Waals surface area contributed by atoms with Crippen molar-refractivity contribution in [2.45, 2.75) is 45.4 Å². The summed E-state index contributed by atoms with van der Waals surface area (Å²) in [6, 6.07) is 0. The topological polar surface area (TPSA) is 43.4 Å². The van der Waals surface area contributed by atoms with E-state index in [0.717, 1.165) is 19.3 Å². The number of unbranched alkanes of at least 4 members (excludes halogenated alkanes) is 5. The molecule has 0 aliphatic rings. The van der Waals surface area contributed by atoms with E-state index in [1.54, 1.807) is 0 Å². The van der Waals surface area contributed by atoms with Crippen LogP contribution in [0.3, 0.4) is 0 Å². The molecule has 0 aromatic carbocycles. The summed E-state index contributed by atoms with van der Waals surface area (Å²) in [5.74, 6) is 0.167. The van der Waals surface area contributed by atoms with Crippen LogP contribution in [0.1, 0.15) is 45.4 Å². The summed E-state index contributed by atoms with van der Waals surface area (Å²) >= 11 is 0. The molecule has 5 heteroatoms. The summed E-state index contributed by atoms with van der Waals surface area (Å²) in [4.78, 5) is 0. The average molecular weight is 284 g/mol. The molecule has 0 atom stereocenters. The van der Waals surface area contributed by atoms with Crippen LogP contribution < -0.4 is 0 Å². The molecule has 0 radical (unpaired) electrons. The molecule has 0 rings (SSSR count). The van der Waals surface area contributed by atoms with E-state index in [0.29, 0.717) is 0 Å². The number of rotatable bonds is 9. The Morgan fingerprint density at radius 2 is 1.35 bits per heavy atom. The van der Waals surface area contributed by atoms with Crippen molar-refractivity contribution < 1.29 is 12.4 Å². The molecule has 0 aliphatic heterocycles. The van der Waals surface area contributed by atoms with Crippen LogP contribution in [0, 0.1) is 0 Å². The fourth-order valence-electron chi connectivity index (χ4n) is 1.55. The molecule has 0 amide bonds. The van der Waals surface area contributed by atoms with Crippen molar-refractivity contribution in [2.24, 2.45) is 0 Å². The fraction of sp³-hybridized carbons (Fsp3) is 1.00. The van der Waals surface area contributed by atoms with E-state index in [4.69, 9.17) is 3.97 Å². The predicted octanol–water partition coefficient (Wildman–Crippen LogP) is 3.68. The summed E-state index contributed by atoms with van der Waals surface area (Å²) in [5.41, 5.74) is 0. The van der Waals surface area contributed by atoms with Gasteiger partial charge in [0.15, 0.2) is 0 Å². The van der Waals surface area contributed by atoms with Gasteiger partial charge in [-0.1, -0.05) is 0 Å². The first-order valence-corrected chi connectivity index (χ1v) is 12.0. The van der Waals surface area contributed by atoms with Crippen LogP contribution in [0.15, 0.2) is 0 Å². The van der Waals surface area contributed by atoms with Crippen molar-refractivity contribution >= 4 is 16.9 Å². The van der Waals surface area contributed by atoms with Gasteiger partial charge < -0.3 is 0 Å². The van der Waals surface area contributed by atoms with Crippen LogP contribution in [0.2, 0.25) is 0 Å². The van der Waals surface area contributed by atoms with Gasteiger partial charge in [0, 0.05) is 0 Å². The normalized spacial score (nSPS) is 15.5. The quantitative estimate of drug-likeness (QED) is 0.479. The molecule has 0 aliphatic carbocycles. The van der Waals surface area contributed by atoms with Gasteiger partial charge in [0.2, 0.25) is 0 Å². The molecule has 0 aromatic rings. The molecule has 0 unspecified atom stereocenters. The van der Waals surface area contributed by atoms with Crippen molar-refractivity contribution in [3.8, 4) is 0 Å². The Labute approximate surface area is 107 Å². The zero-order valence-electron chi connectivity index (χ0n) is 12.0. The molecule has 0 heterocycles. The van der Waals surface area contributed by atoms with Gasteiger partial charge in [0.05, 0.1) is 0 Å². The third kappa shape index (κ3) is 12.6. The summed E-state index contributed by atoms with van der Waals surface area (Å²) in [7, 11) is -3.33. The van der Waals surface area contributed by atoms with Gasteiger partial charge in [-0.15, -0.1) is 0 Å². The second-order valence-electron chi connectivity index (χ2n) is 6.52. The number of hydrogen-bond donors (Lipinski definition) is 0. The van der Waals surface area contributed by atoms with Crippen LogP contribution >= 0.6 is 6.83 Å². The first-order chi connectivity index (χ1) is 7.52. The first kappa shape index (κ1) is 17.3. The van der Waals surface area contributed by atoms with E-state index in [1.165, 1.54) is 19.3 Å². The monoisotopic (exact) mass is 284 g/mol. The van der Waals surface area contributed by atoms with Crippen LogP contribution in [-0.2, 0) is 14.1 Å². The Morgan fingerprint density at radius 1 is 0.882 bits per heavy atom. The van der Waals surface area contributed by atoms with E-state index in [9.17, 15) is 8.42 Å². The van der Waals surface area contributed by atoms with E-state index < -0.39 is 16.9 Å². The molecule has 0 saturated heterocycles. The van der Waals surface area contributed by atoms with Gasteiger partial charge in [-0.25, -0.2) is 0 Å². The maximum atomic E-state index is 11.8. The predicted molar refractivity (Wildman–Crippen MR) is 78.9 cm³/mol. The summed E-state index contributed by atoms with van der Waals surface area (Å²) in [5, 5.41) is 0. The summed E-state index contributed by atoms with van der Waals surface area (Å²) in [6.07, 6.45) is 6.50. The minimum atomic E-state index is -3.33. The van der Waals surface area contributed by atoms with Crippen LogP contribution in [-0.4, -0.2) is 40.8 Å².